The van der Waals surface area contributed by atoms with Crippen LogP contribution in [0.1, 0.15) is 10.4 Å². The number of hydrazine groups is 1. The van der Waals surface area contributed by atoms with Crippen LogP contribution in [0, 0.1) is 23.3 Å². The van der Waals surface area contributed by atoms with Crippen molar-refractivity contribution in [3.05, 3.63) is 39.3 Å². The fraction of sp³-hybridized carbons (Fsp3) is 0.273. The summed E-state index contributed by atoms with van der Waals surface area (Å²) < 4.78 is 71.7. The highest BCUT2D eigenvalue weighted by Crippen LogP contribution is 2.30. The smallest absolute Gasteiger partial charge is 0.323 e. The van der Waals surface area contributed by atoms with Gasteiger partial charge in [-0.25, -0.2) is 27.2 Å². The zero-order valence-corrected chi connectivity index (χ0v) is 16.0. The summed E-state index contributed by atoms with van der Waals surface area (Å²) in [6.07, 6.45) is 1.09. The molecule has 0 fully saturated rings. The molecule has 0 spiro atoms. The molecule has 4 N–H and O–H groups in total. The second-order valence-electron chi connectivity index (χ2n) is 4.57. The van der Waals surface area contributed by atoms with E-state index < -0.39 is 61.2 Å². The molecule has 10 nitrogen and oxygen atoms in total. The first kappa shape index (κ1) is 25.8. The standard InChI is InChI=1S/C10H7F4N5O3S.CH4O2S2/c11-4-3(9(20)18-16-2(1-23)10(21)22)5(12)7(14)8(6(4)13)17-19-15;1-5(2,3)4/h2,16,23H,1H2,(H,18,20)(H,21,22);1H3,(H,2,3,4). The molecule has 156 valence electrons. The van der Waals surface area contributed by atoms with Gasteiger partial charge in [0, 0.05) is 28.1 Å². The van der Waals surface area contributed by atoms with E-state index in [4.69, 9.17) is 15.2 Å². The third-order valence-electron chi connectivity index (χ3n) is 2.45. The zero-order chi connectivity index (χ0) is 22.2. The Hall–Kier alpha value is -2.17. The normalized spacial score (nSPS) is 13.2. The average molecular weight is 465 g/mol. The molecule has 0 aliphatic heterocycles. The number of carbonyl (C=O) groups excluding carboxylic acids is 1. The van der Waals surface area contributed by atoms with Gasteiger partial charge < -0.3 is 9.66 Å². The van der Waals surface area contributed by atoms with E-state index >= 15 is 0 Å². The van der Waals surface area contributed by atoms with Crippen LogP contribution < -0.4 is 10.9 Å². The topological polar surface area (TPSA) is 164 Å². The summed E-state index contributed by atoms with van der Waals surface area (Å²) in [5.74, 6) is -11.8. The second-order valence-corrected chi connectivity index (χ2v) is 8.26. The number of rotatable bonds is 6. The third-order valence-corrected chi connectivity index (χ3v) is 2.82. The highest BCUT2D eigenvalue weighted by Gasteiger charge is 2.29. The maximum Gasteiger partial charge on any atom is 0.323 e. The van der Waals surface area contributed by atoms with Crippen molar-refractivity contribution >= 4 is 50.2 Å². The number of nitrogens with zero attached hydrogens (tertiary/aromatic N) is 3. The van der Waals surface area contributed by atoms with Crippen molar-refractivity contribution in [2.75, 3.05) is 12.0 Å². The minimum atomic E-state index is -2.83. The Morgan fingerprint density at radius 3 is 2.04 bits per heavy atom. The van der Waals surface area contributed by atoms with Crippen LogP contribution >= 0.6 is 12.6 Å². The number of hydrogen-bond donors (Lipinski definition) is 5. The molecule has 2 atom stereocenters. The first-order valence-corrected chi connectivity index (χ1v) is 9.97. The fourth-order valence-corrected chi connectivity index (χ4v) is 1.60. The van der Waals surface area contributed by atoms with Crippen molar-refractivity contribution in [3.8, 4) is 0 Å². The molecule has 0 heterocycles. The van der Waals surface area contributed by atoms with E-state index in [1.54, 1.807) is 5.43 Å². The molecule has 17 heteroatoms. The molecular formula is C11H11F4N5O5S3. The maximum atomic E-state index is 13.7. The molecule has 0 saturated heterocycles. The molecule has 1 aromatic carbocycles. The van der Waals surface area contributed by atoms with Gasteiger partial charge in [0.05, 0.1) is 0 Å². The number of nitrogens with one attached hydrogen (secondary N) is 2. The van der Waals surface area contributed by atoms with E-state index in [0.717, 1.165) is 6.26 Å². The van der Waals surface area contributed by atoms with Gasteiger partial charge in [-0.05, 0) is 5.53 Å². The summed E-state index contributed by atoms with van der Waals surface area (Å²) in [4.78, 5) is 24.3. The minimum Gasteiger partial charge on any atom is -0.480 e. The molecule has 0 aliphatic carbocycles. The number of amides is 1. The summed E-state index contributed by atoms with van der Waals surface area (Å²) in [5, 5.41) is 11.1. The van der Waals surface area contributed by atoms with E-state index in [1.165, 1.54) is 0 Å². The van der Waals surface area contributed by atoms with E-state index in [1.807, 2.05) is 10.3 Å². The van der Waals surface area contributed by atoms with Crippen molar-refractivity contribution in [2.45, 2.75) is 6.04 Å². The molecular weight excluding hydrogens is 454 g/mol. The lowest BCUT2D eigenvalue weighted by Crippen LogP contribution is -2.49. The molecule has 0 radical (unpaired) electrons. The Labute approximate surface area is 164 Å². The summed E-state index contributed by atoms with van der Waals surface area (Å²) in [6.45, 7) is 0. The Bertz CT molecular complexity index is 887. The van der Waals surface area contributed by atoms with Crippen LogP contribution in [0.3, 0.4) is 0 Å². The van der Waals surface area contributed by atoms with Crippen LogP contribution in [0.4, 0.5) is 23.2 Å². The van der Waals surface area contributed by atoms with Crippen molar-refractivity contribution in [1.82, 2.24) is 10.9 Å². The van der Waals surface area contributed by atoms with Crippen LogP contribution in [-0.4, -0.2) is 43.8 Å². The van der Waals surface area contributed by atoms with Gasteiger partial charge in [0.25, 0.3) is 5.91 Å². The predicted molar refractivity (Wildman–Crippen MR) is 95.0 cm³/mol. The van der Waals surface area contributed by atoms with Gasteiger partial charge in [-0.15, -0.1) is 0 Å². The van der Waals surface area contributed by atoms with Gasteiger partial charge in [-0.2, -0.15) is 12.6 Å². The number of halogens is 4. The van der Waals surface area contributed by atoms with E-state index in [9.17, 15) is 31.4 Å². The first-order chi connectivity index (χ1) is 12.8. The van der Waals surface area contributed by atoms with Crippen LogP contribution in [0.15, 0.2) is 5.11 Å². The molecule has 0 aliphatic rings. The Morgan fingerprint density at radius 1 is 1.29 bits per heavy atom. The highest BCUT2D eigenvalue weighted by molar-refractivity contribution is 8.29. The van der Waals surface area contributed by atoms with Crippen LogP contribution in [0.5, 0.6) is 0 Å². The van der Waals surface area contributed by atoms with Gasteiger partial charge in [0.2, 0.25) is 0 Å². The fourth-order valence-electron chi connectivity index (χ4n) is 1.35. The Balaban J connectivity index is 0.00000129. The minimum absolute atomic E-state index is 0.306. The lowest BCUT2D eigenvalue weighted by atomic mass is 10.1. The Morgan fingerprint density at radius 2 is 1.71 bits per heavy atom. The van der Waals surface area contributed by atoms with E-state index in [0.29, 0.717) is 0 Å². The molecule has 28 heavy (non-hydrogen) atoms. The Kier molecular flexibility index (Phi) is 10.1. The van der Waals surface area contributed by atoms with Crippen LogP contribution in [0.2, 0.25) is 0 Å². The number of thiol groups is 1. The molecule has 2 unspecified atom stereocenters. The van der Waals surface area contributed by atoms with Crippen molar-refractivity contribution in [2.24, 2.45) is 5.11 Å². The number of carboxylic acids is 1. The van der Waals surface area contributed by atoms with Gasteiger partial charge in [0.15, 0.2) is 23.3 Å². The van der Waals surface area contributed by atoms with Gasteiger partial charge in [-0.1, -0.05) is 5.11 Å². The highest BCUT2D eigenvalue weighted by atomic mass is 32.8. The predicted octanol–water partition coefficient (Wildman–Crippen LogP) is 1.64. The average Bonchev–Trinajstić information content (AvgIpc) is 2.56. The molecule has 0 bridgehead atoms. The molecule has 0 aromatic heterocycles. The van der Waals surface area contributed by atoms with Crippen molar-refractivity contribution < 1.29 is 41.0 Å². The van der Waals surface area contributed by atoms with E-state index in [-0.39, 0.29) is 5.75 Å². The molecule has 0 saturated carbocycles. The van der Waals surface area contributed by atoms with Crippen LogP contribution in [0.25, 0.3) is 10.4 Å². The van der Waals surface area contributed by atoms with Crippen LogP contribution in [-0.2, 0) is 24.8 Å². The lowest BCUT2D eigenvalue weighted by Gasteiger charge is -2.14. The number of benzene rings is 1. The van der Waals surface area contributed by atoms with Gasteiger partial charge >= 0.3 is 5.97 Å². The molecule has 1 amide bonds. The number of carbonyl (C=O) groups is 2. The second kappa shape index (κ2) is 11.0. The summed E-state index contributed by atoms with van der Waals surface area (Å²) in [7, 11) is -2.83. The van der Waals surface area contributed by atoms with Crippen molar-refractivity contribution in [3.63, 3.8) is 0 Å². The summed E-state index contributed by atoms with van der Waals surface area (Å²) in [5.41, 5.74) is 8.29. The summed E-state index contributed by atoms with van der Waals surface area (Å²) in [6, 6.07) is -1.43. The monoisotopic (exact) mass is 465 g/mol. The quantitative estimate of drug-likeness (QED) is 0.0810. The van der Waals surface area contributed by atoms with E-state index in [2.05, 4.69) is 28.9 Å². The first-order valence-electron chi connectivity index (χ1n) is 6.49. The van der Waals surface area contributed by atoms with Gasteiger partial charge in [0.1, 0.15) is 26.1 Å². The van der Waals surface area contributed by atoms with Crippen molar-refractivity contribution in [1.29, 1.82) is 0 Å². The molecule has 1 rings (SSSR count). The number of hydrogen-bond acceptors (Lipinski definition) is 7. The molecule has 1 aromatic rings. The van der Waals surface area contributed by atoms with Gasteiger partial charge in [-0.3, -0.25) is 15.0 Å². The number of azide groups is 1. The lowest BCUT2D eigenvalue weighted by molar-refractivity contribution is -0.139. The third kappa shape index (κ3) is 7.83. The number of carboxylic acid groups (broad SMARTS) is 1. The maximum absolute atomic E-state index is 13.7. The number of aliphatic carboxylic acids is 1. The summed E-state index contributed by atoms with van der Waals surface area (Å²) >= 11 is 7.56. The largest absolute Gasteiger partial charge is 0.480 e. The SMILES string of the molecule is CS(=O)(O)=S.[N-]=[N+]=Nc1c(F)c(F)c(C(=O)NNC(CS)C(=O)O)c(F)c1F. The zero-order valence-electron chi connectivity index (χ0n) is 13.5.